The van der Waals surface area contributed by atoms with Gasteiger partial charge in [0.25, 0.3) is 0 Å². The number of esters is 1. The highest BCUT2D eigenvalue weighted by molar-refractivity contribution is 6.30. The monoisotopic (exact) mass is 346 g/mol. The molecule has 5 nitrogen and oxygen atoms in total. The van der Waals surface area contributed by atoms with Crippen LogP contribution in [0.5, 0.6) is 0 Å². The summed E-state index contributed by atoms with van der Waals surface area (Å²) in [6.07, 6.45) is -0.0175. The molecule has 126 valence electrons. The summed E-state index contributed by atoms with van der Waals surface area (Å²) < 4.78 is 5.28. The number of rotatable bonds is 6. The number of carbonyl (C=O) groups is 2. The highest BCUT2D eigenvalue weighted by Crippen LogP contribution is 2.20. The van der Waals surface area contributed by atoms with Crippen LogP contribution >= 0.6 is 11.6 Å². The topological polar surface area (TPSA) is 81.4 Å². The van der Waals surface area contributed by atoms with Gasteiger partial charge in [0, 0.05) is 5.02 Å². The molecule has 2 rings (SSSR count). The molecule has 0 heterocycles. The van der Waals surface area contributed by atoms with E-state index in [0.29, 0.717) is 5.02 Å². The highest BCUT2D eigenvalue weighted by Gasteiger charge is 2.18. The molecule has 6 heteroatoms. The van der Waals surface area contributed by atoms with Crippen molar-refractivity contribution >= 4 is 23.6 Å². The Hall–Kier alpha value is -2.53. The maximum Gasteiger partial charge on any atom is 0.312 e. The molecule has 24 heavy (non-hydrogen) atoms. The van der Waals surface area contributed by atoms with Crippen molar-refractivity contribution in [2.75, 3.05) is 0 Å². The Kier molecular flexibility index (Phi) is 6.21. The molecule has 1 atom stereocenters. The fourth-order valence-corrected chi connectivity index (χ4v) is 2.44. The number of halogens is 1. The largest absolute Gasteiger partial charge is 0.461 e. The first kappa shape index (κ1) is 17.8. The zero-order chi connectivity index (χ0) is 17.5. The zero-order valence-corrected chi connectivity index (χ0v) is 14.0. The molecule has 2 amide bonds. The number of hydrogen-bond donors (Lipinski definition) is 2. The van der Waals surface area contributed by atoms with Gasteiger partial charge in [-0.2, -0.15) is 0 Å². The minimum Gasteiger partial charge on any atom is -0.461 e. The van der Waals surface area contributed by atoms with E-state index in [1.165, 1.54) is 0 Å². The van der Waals surface area contributed by atoms with Crippen molar-refractivity contribution in [2.24, 2.45) is 5.73 Å². The van der Waals surface area contributed by atoms with Crippen LogP contribution in [0.2, 0.25) is 5.02 Å². The van der Waals surface area contributed by atoms with Gasteiger partial charge in [-0.05, 0) is 30.2 Å². The van der Waals surface area contributed by atoms with Crippen molar-refractivity contribution in [3.8, 4) is 0 Å². The van der Waals surface area contributed by atoms with Crippen molar-refractivity contribution in [3.05, 3.63) is 70.2 Å². The Morgan fingerprint density at radius 1 is 1.21 bits per heavy atom. The highest BCUT2D eigenvalue weighted by atomic mass is 35.5. The van der Waals surface area contributed by atoms with Gasteiger partial charge < -0.3 is 15.8 Å². The van der Waals surface area contributed by atoms with Crippen LogP contribution in [0.3, 0.4) is 0 Å². The van der Waals surface area contributed by atoms with E-state index >= 15 is 0 Å². The maximum absolute atomic E-state index is 12.1. The smallest absolute Gasteiger partial charge is 0.312 e. The maximum atomic E-state index is 12.1. The Balaban J connectivity index is 1.99. The van der Waals surface area contributed by atoms with E-state index in [-0.39, 0.29) is 13.0 Å². The van der Waals surface area contributed by atoms with Gasteiger partial charge >= 0.3 is 12.0 Å². The number of carbonyl (C=O) groups excluding carboxylic acids is 2. The van der Waals surface area contributed by atoms with Gasteiger partial charge in [-0.1, -0.05) is 53.6 Å². The van der Waals surface area contributed by atoms with E-state index in [1.54, 1.807) is 24.3 Å². The number of benzene rings is 2. The molecular weight excluding hydrogens is 328 g/mol. The predicted molar refractivity (Wildman–Crippen MR) is 92.5 cm³/mol. The van der Waals surface area contributed by atoms with E-state index < -0.39 is 18.0 Å². The molecule has 0 saturated carbocycles. The third-order valence-corrected chi connectivity index (χ3v) is 3.69. The van der Waals surface area contributed by atoms with Gasteiger partial charge in [0.05, 0.1) is 12.5 Å². The van der Waals surface area contributed by atoms with Crippen LogP contribution in [0, 0.1) is 6.92 Å². The molecule has 0 aliphatic heterocycles. The van der Waals surface area contributed by atoms with Crippen LogP contribution in [0.25, 0.3) is 0 Å². The lowest BCUT2D eigenvalue weighted by molar-refractivity contribution is -0.145. The Bertz CT molecular complexity index is 716. The second-order valence-electron chi connectivity index (χ2n) is 5.47. The van der Waals surface area contributed by atoms with Crippen LogP contribution in [0.15, 0.2) is 48.5 Å². The summed E-state index contributed by atoms with van der Waals surface area (Å²) in [4.78, 5) is 23.3. The fraction of sp³-hybridized carbons (Fsp3) is 0.222. The molecular formula is C18H19ClN2O3. The van der Waals surface area contributed by atoms with Gasteiger partial charge in [0.15, 0.2) is 0 Å². The van der Waals surface area contributed by atoms with E-state index in [0.717, 1.165) is 16.7 Å². The Morgan fingerprint density at radius 3 is 2.54 bits per heavy atom. The van der Waals surface area contributed by atoms with Crippen LogP contribution < -0.4 is 11.1 Å². The molecule has 2 aromatic rings. The molecule has 0 aromatic heterocycles. The SMILES string of the molecule is Cc1cccc(COC(=O)C[C@H](NC(N)=O)c2ccc(Cl)cc2)c1. The average molecular weight is 347 g/mol. The van der Waals surface area contributed by atoms with Crippen molar-refractivity contribution in [1.82, 2.24) is 5.32 Å². The van der Waals surface area contributed by atoms with E-state index in [9.17, 15) is 9.59 Å². The number of urea groups is 1. The second-order valence-corrected chi connectivity index (χ2v) is 5.90. The summed E-state index contributed by atoms with van der Waals surface area (Å²) in [5.74, 6) is -0.426. The number of aryl methyl sites for hydroxylation is 1. The summed E-state index contributed by atoms with van der Waals surface area (Å²) in [7, 11) is 0. The van der Waals surface area contributed by atoms with Gasteiger partial charge in [0.1, 0.15) is 6.61 Å². The predicted octanol–water partition coefficient (Wildman–Crippen LogP) is 3.49. The number of hydrogen-bond acceptors (Lipinski definition) is 3. The van der Waals surface area contributed by atoms with Crippen LogP contribution in [0.1, 0.15) is 29.2 Å². The van der Waals surface area contributed by atoms with Crippen LogP contribution in [-0.4, -0.2) is 12.0 Å². The molecule has 2 aromatic carbocycles. The number of amides is 2. The average Bonchev–Trinajstić information content (AvgIpc) is 2.53. The summed E-state index contributed by atoms with van der Waals surface area (Å²) >= 11 is 5.85. The van der Waals surface area contributed by atoms with Crippen molar-refractivity contribution < 1.29 is 14.3 Å². The lowest BCUT2D eigenvalue weighted by Crippen LogP contribution is -2.34. The van der Waals surface area contributed by atoms with E-state index in [2.05, 4.69) is 5.32 Å². The molecule has 0 spiro atoms. The molecule has 0 radical (unpaired) electrons. The van der Waals surface area contributed by atoms with Gasteiger partial charge in [-0.3, -0.25) is 4.79 Å². The zero-order valence-electron chi connectivity index (χ0n) is 13.3. The Morgan fingerprint density at radius 2 is 1.92 bits per heavy atom. The van der Waals surface area contributed by atoms with E-state index in [4.69, 9.17) is 22.1 Å². The first-order valence-electron chi connectivity index (χ1n) is 7.46. The molecule has 0 unspecified atom stereocenters. The molecule has 0 aliphatic carbocycles. The molecule has 0 saturated heterocycles. The first-order chi connectivity index (χ1) is 11.4. The molecule has 0 fully saturated rings. The Labute approximate surface area is 145 Å². The quantitative estimate of drug-likeness (QED) is 0.785. The second kappa shape index (κ2) is 8.36. The summed E-state index contributed by atoms with van der Waals surface area (Å²) in [6, 6.07) is 13.3. The lowest BCUT2D eigenvalue weighted by atomic mass is 10.0. The third kappa shape index (κ3) is 5.59. The minimum atomic E-state index is -0.707. The summed E-state index contributed by atoms with van der Waals surface area (Å²) in [5, 5.41) is 3.12. The van der Waals surface area contributed by atoms with Gasteiger partial charge in [-0.25, -0.2) is 4.79 Å². The fourth-order valence-electron chi connectivity index (χ4n) is 2.31. The lowest BCUT2D eigenvalue weighted by Gasteiger charge is -2.17. The van der Waals surface area contributed by atoms with Crippen molar-refractivity contribution in [1.29, 1.82) is 0 Å². The molecule has 0 bridgehead atoms. The number of ether oxygens (including phenoxy) is 1. The summed E-state index contributed by atoms with van der Waals surface area (Å²) in [5.41, 5.74) is 7.92. The molecule has 0 aliphatic rings. The third-order valence-electron chi connectivity index (χ3n) is 3.44. The molecule has 3 N–H and O–H groups in total. The number of nitrogens with two attached hydrogens (primary N) is 1. The minimum absolute atomic E-state index is 0.0175. The normalized spacial score (nSPS) is 11.6. The van der Waals surface area contributed by atoms with Crippen LogP contribution in [-0.2, 0) is 16.1 Å². The number of primary amides is 1. The summed E-state index contributed by atoms with van der Waals surface area (Å²) in [6.45, 7) is 2.16. The van der Waals surface area contributed by atoms with Crippen LogP contribution in [0.4, 0.5) is 4.79 Å². The van der Waals surface area contributed by atoms with Crippen molar-refractivity contribution in [3.63, 3.8) is 0 Å². The van der Waals surface area contributed by atoms with Gasteiger partial charge in [0.2, 0.25) is 0 Å². The first-order valence-corrected chi connectivity index (χ1v) is 7.84. The standard InChI is InChI=1S/C18H19ClN2O3/c1-12-3-2-4-13(9-12)11-24-17(22)10-16(21-18(20)23)14-5-7-15(19)8-6-14/h2-9,16H,10-11H2,1H3,(H3,20,21,23)/t16-/m0/s1. The van der Waals surface area contributed by atoms with Gasteiger partial charge in [-0.15, -0.1) is 0 Å². The van der Waals surface area contributed by atoms with E-state index in [1.807, 2.05) is 31.2 Å². The number of nitrogens with one attached hydrogen (secondary N) is 1. The van der Waals surface area contributed by atoms with Crippen molar-refractivity contribution in [2.45, 2.75) is 26.0 Å².